The molecule has 0 aliphatic carbocycles. The van der Waals surface area contributed by atoms with E-state index in [2.05, 4.69) is 0 Å². The van der Waals surface area contributed by atoms with E-state index < -0.39 is 5.60 Å². The van der Waals surface area contributed by atoms with E-state index in [1.165, 1.54) is 0 Å². The maximum absolute atomic E-state index is 12.1. The van der Waals surface area contributed by atoms with Gasteiger partial charge < -0.3 is 19.1 Å². The summed E-state index contributed by atoms with van der Waals surface area (Å²) in [5.41, 5.74) is 0.696. The van der Waals surface area contributed by atoms with Gasteiger partial charge in [0.1, 0.15) is 5.60 Å². The average molecular weight is 335 g/mol. The lowest BCUT2D eigenvalue weighted by Gasteiger charge is -2.34. The maximum atomic E-state index is 12.1. The molecule has 0 N–H and O–H groups in total. The minimum absolute atomic E-state index is 0.0617. The number of carbonyl (C=O) groups is 1. The zero-order chi connectivity index (χ0) is 17.4. The average Bonchev–Trinajstić information content (AvgIpc) is 2.54. The molecule has 1 heterocycles. The van der Waals surface area contributed by atoms with Gasteiger partial charge in [0.05, 0.1) is 32.5 Å². The van der Waals surface area contributed by atoms with Gasteiger partial charge in [-0.15, -0.1) is 0 Å². The standard InChI is InChI=1S/C19H29NO4/c1-19(2,3)24-18(21)20-11-7-10-17(14-20)23-13-12-22-15-16-8-5-4-6-9-16/h4-6,8-9,17H,7,10-15H2,1-3H3. The van der Waals surface area contributed by atoms with Crippen LogP contribution in [0.15, 0.2) is 30.3 Å². The van der Waals surface area contributed by atoms with Gasteiger partial charge in [-0.2, -0.15) is 0 Å². The number of rotatable bonds is 6. The molecule has 0 radical (unpaired) electrons. The Labute approximate surface area is 144 Å². The Morgan fingerprint density at radius 2 is 1.96 bits per heavy atom. The summed E-state index contributed by atoms with van der Waals surface area (Å²) in [5.74, 6) is 0. The molecule has 5 heteroatoms. The number of piperidine rings is 1. The zero-order valence-electron chi connectivity index (χ0n) is 15.0. The quantitative estimate of drug-likeness (QED) is 0.745. The Morgan fingerprint density at radius 1 is 1.21 bits per heavy atom. The van der Waals surface area contributed by atoms with Gasteiger partial charge in [-0.05, 0) is 39.2 Å². The van der Waals surface area contributed by atoms with Crippen molar-refractivity contribution in [3.8, 4) is 0 Å². The Morgan fingerprint density at radius 3 is 2.67 bits per heavy atom. The second kappa shape index (κ2) is 9.04. The second-order valence-corrected chi connectivity index (χ2v) is 7.10. The van der Waals surface area contributed by atoms with Crippen molar-refractivity contribution in [1.29, 1.82) is 0 Å². The van der Waals surface area contributed by atoms with E-state index in [1.807, 2.05) is 51.1 Å². The highest BCUT2D eigenvalue weighted by atomic mass is 16.6. The molecule has 1 unspecified atom stereocenters. The minimum Gasteiger partial charge on any atom is -0.444 e. The second-order valence-electron chi connectivity index (χ2n) is 7.10. The summed E-state index contributed by atoms with van der Waals surface area (Å²) in [4.78, 5) is 13.9. The first-order chi connectivity index (χ1) is 11.4. The van der Waals surface area contributed by atoms with Crippen LogP contribution in [0.1, 0.15) is 39.2 Å². The summed E-state index contributed by atoms with van der Waals surface area (Å²) >= 11 is 0. The molecule has 1 saturated heterocycles. The van der Waals surface area contributed by atoms with Crippen molar-refractivity contribution in [2.75, 3.05) is 26.3 Å². The lowest BCUT2D eigenvalue weighted by molar-refractivity contribution is -0.0382. The van der Waals surface area contributed by atoms with Gasteiger partial charge in [-0.3, -0.25) is 0 Å². The van der Waals surface area contributed by atoms with Crippen LogP contribution >= 0.6 is 0 Å². The topological polar surface area (TPSA) is 48.0 Å². The van der Waals surface area contributed by atoms with Crippen LogP contribution in [-0.4, -0.2) is 49.0 Å². The molecule has 24 heavy (non-hydrogen) atoms. The van der Waals surface area contributed by atoms with Crippen LogP contribution in [0.25, 0.3) is 0 Å². The molecule has 0 bridgehead atoms. The summed E-state index contributed by atoms with van der Waals surface area (Å²) in [6.45, 7) is 8.66. The van der Waals surface area contributed by atoms with Gasteiger partial charge in [0.2, 0.25) is 0 Å². The lowest BCUT2D eigenvalue weighted by Crippen LogP contribution is -2.45. The molecule has 1 aromatic rings. The third-order valence-electron chi connectivity index (χ3n) is 3.72. The molecule has 1 amide bonds. The summed E-state index contributed by atoms with van der Waals surface area (Å²) in [6, 6.07) is 10.1. The van der Waals surface area contributed by atoms with Crippen molar-refractivity contribution < 1.29 is 19.0 Å². The van der Waals surface area contributed by atoms with E-state index in [0.29, 0.717) is 26.4 Å². The third-order valence-corrected chi connectivity index (χ3v) is 3.72. The fraction of sp³-hybridized carbons (Fsp3) is 0.632. The number of carbonyl (C=O) groups excluding carboxylic acids is 1. The highest BCUT2D eigenvalue weighted by Crippen LogP contribution is 2.17. The van der Waals surface area contributed by atoms with Crippen molar-refractivity contribution in [3.05, 3.63) is 35.9 Å². The van der Waals surface area contributed by atoms with Crippen molar-refractivity contribution in [3.63, 3.8) is 0 Å². The Balaban J connectivity index is 1.63. The van der Waals surface area contributed by atoms with Gasteiger partial charge in [0.15, 0.2) is 0 Å². The van der Waals surface area contributed by atoms with Crippen molar-refractivity contribution in [2.24, 2.45) is 0 Å². The number of hydrogen-bond donors (Lipinski definition) is 0. The summed E-state index contributed by atoms with van der Waals surface area (Å²) in [7, 11) is 0. The number of ether oxygens (including phenoxy) is 3. The number of hydrogen-bond acceptors (Lipinski definition) is 4. The van der Waals surface area contributed by atoms with Gasteiger partial charge in [-0.1, -0.05) is 30.3 Å². The summed E-state index contributed by atoms with van der Waals surface area (Å²) in [6.07, 6.45) is 1.72. The predicted octanol–water partition coefficient (Wildman–Crippen LogP) is 3.62. The summed E-state index contributed by atoms with van der Waals surface area (Å²) < 4.78 is 16.9. The van der Waals surface area contributed by atoms with Crippen LogP contribution in [0.3, 0.4) is 0 Å². The highest BCUT2D eigenvalue weighted by Gasteiger charge is 2.27. The van der Waals surface area contributed by atoms with Gasteiger partial charge >= 0.3 is 6.09 Å². The maximum Gasteiger partial charge on any atom is 0.410 e. The SMILES string of the molecule is CC(C)(C)OC(=O)N1CCCC(OCCOCc2ccccc2)C1. The molecule has 1 fully saturated rings. The Bertz CT molecular complexity index is 498. The molecule has 0 spiro atoms. The molecule has 134 valence electrons. The molecular weight excluding hydrogens is 306 g/mol. The van der Waals surface area contributed by atoms with Crippen LogP contribution in [0.5, 0.6) is 0 Å². The molecule has 2 rings (SSSR count). The summed E-state index contributed by atoms with van der Waals surface area (Å²) in [5, 5.41) is 0. The Kier molecular flexibility index (Phi) is 7.06. The molecule has 1 aromatic carbocycles. The van der Waals surface area contributed by atoms with E-state index >= 15 is 0 Å². The van der Waals surface area contributed by atoms with Crippen molar-refractivity contribution in [2.45, 2.75) is 51.9 Å². The number of nitrogens with zero attached hydrogens (tertiary/aromatic N) is 1. The fourth-order valence-corrected chi connectivity index (χ4v) is 2.60. The van der Waals surface area contributed by atoms with Crippen molar-refractivity contribution in [1.82, 2.24) is 4.90 Å². The van der Waals surface area contributed by atoms with Crippen LogP contribution in [0.4, 0.5) is 4.79 Å². The van der Waals surface area contributed by atoms with Crippen LogP contribution in [0, 0.1) is 0 Å². The molecule has 5 nitrogen and oxygen atoms in total. The minimum atomic E-state index is -0.462. The number of benzene rings is 1. The first-order valence-electron chi connectivity index (χ1n) is 8.65. The molecule has 1 aliphatic rings. The van der Waals surface area contributed by atoms with Crippen LogP contribution in [-0.2, 0) is 20.8 Å². The first-order valence-corrected chi connectivity index (χ1v) is 8.65. The zero-order valence-corrected chi connectivity index (χ0v) is 15.0. The third kappa shape index (κ3) is 6.89. The van der Waals surface area contributed by atoms with Gasteiger partial charge in [0.25, 0.3) is 0 Å². The largest absolute Gasteiger partial charge is 0.444 e. The van der Waals surface area contributed by atoms with E-state index in [4.69, 9.17) is 14.2 Å². The number of likely N-dealkylation sites (tertiary alicyclic amines) is 1. The van der Waals surface area contributed by atoms with E-state index in [0.717, 1.165) is 24.9 Å². The smallest absolute Gasteiger partial charge is 0.410 e. The van der Waals surface area contributed by atoms with E-state index in [1.54, 1.807) is 4.90 Å². The lowest BCUT2D eigenvalue weighted by atomic mass is 10.1. The molecule has 1 atom stereocenters. The molecular formula is C19H29NO4. The van der Waals surface area contributed by atoms with E-state index in [-0.39, 0.29) is 12.2 Å². The van der Waals surface area contributed by atoms with Crippen LogP contribution < -0.4 is 0 Å². The van der Waals surface area contributed by atoms with Crippen LogP contribution in [0.2, 0.25) is 0 Å². The molecule has 1 aliphatic heterocycles. The first kappa shape index (κ1) is 18.7. The predicted molar refractivity (Wildman–Crippen MR) is 92.9 cm³/mol. The number of amides is 1. The normalized spacial score (nSPS) is 18.5. The molecule has 0 saturated carbocycles. The fourth-order valence-electron chi connectivity index (χ4n) is 2.60. The van der Waals surface area contributed by atoms with Crippen molar-refractivity contribution >= 4 is 6.09 Å². The molecule has 0 aromatic heterocycles. The highest BCUT2D eigenvalue weighted by molar-refractivity contribution is 5.68. The monoisotopic (exact) mass is 335 g/mol. The van der Waals surface area contributed by atoms with Gasteiger partial charge in [-0.25, -0.2) is 4.79 Å². The van der Waals surface area contributed by atoms with E-state index in [9.17, 15) is 4.79 Å². The van der Waals surface area contributed by atoms with Gasteiger partial charge in [0, 0.05) is 6.54 Å². The Hall–Kier alpha value is -1.59.